The van der Waals surface area contributed by atoms with Gasteiger partial charge in [-0.1, -0.05) is 0 Å². The van der Waals surface area contributed by atoms with Crippen molar-refractivity contribution in [3.63, 3.8) is 0 Å². The molecule has 4 amide bonds. The van der Waals surface area contributed by atoms with Crippen molar-refractivity contribution < 1.29 is 22.2 Å². The zero-order valence-corrected chi connectivity index (χ0v) is 12.7. The van der Waals surface area contributed by atoms with Gasteiger partial charge >= 0.3 is 0 Å². The summed E-state index contributed by atoms with van der Waals surface area (Å²) in [5, 5.41) is 2.15. The zero-order chi connectivity index (χ0) is 15.1. The fourth-order valence-corrected chi connectivity index (χ4v) is 2.77. The van der Waals surface area contributed by atoms with Crippen molar-refractivity contribution in [1.82, 2.24) is 10.2 Å². The van der Waals surface area contributed by atoms with E-state index in [2.05, 4.69) is 5.32 Å². The standard InChI is InChI=1S/C13H9IN2O5/c14-21-6-1-2-7-8(5-6)13(20)16(12(7)19)9-3-4-10(17)15-11(9)18/h1-2,5,9H,3-4H2,(H,15,17,18). The lowest BCUT2D eigenvalue weighted by Crippen LogP contribution is -2.54. The Morgan fingerprint density at radius 1 is 1.14 bits per heavy atom. The summed E-state index contributed by atoms with van der Waals surface area (Å²) in [7, 11) is 0. The van der Waals surface area contributed by atoms with Gasteiger partial charge in [0.15, 0.2) is 23.0 Å². The third-order valence-electron chi connectivity index (χ3n) is 3.50. The SMILES string of the molecule is O=C1CCC(N2C(=O)c3ccc(OI)cc3C2=O)C(=O)N1. The number of carbonyl (C=O) groups is 4. The number of imide groups is 2. The van der Waals surface area contributed by atoms with Crippen LogP contribution in [-0.2, 0) is 9.59 Å². The van der Waals surface area contributed by atoms with Crippen LogP contribution in [0, 0.1) is 0 Å². The Morgan fingerprint density at radius 3 is 2.52 bits per heavy atom. The summed E-state index contributed by atoms with van der Waals surface area (Å²) in [6.07, 6.45) is 0.248. The molecular formula is C13H9IN2O5. The molecule has 1 N–H and O–H groups in total. The summed E-state index contributed by atoms with van der Waals surface area (Å²) in [6.45, 7) is 0. The van der Waals surface area contributed by atoms with Gasteiger partial charge in [0, 0.05) is 6.42 Å². The van der Waals surface area contributed by atoms with Gasteiger partial charge in [-0.3, -0.25) is 29.4 Å². The predicted octanol–water partition coefficient (Wildman–Crippen LogP) is 0.817. The van der Waals surface area contributed by atoms with Gasteiger partial charge in [0.25, 0.3) is 11.8 Å². The van der Waals surface area contributed by atoms with Crippen molar-refractivity contribution in [3.8, 4) is 5.75 Å². The highest BCUT2D eigenvalue weighted by Crippen LogP contribution is 2.30. The summed E-state index contributed by atoms with van der Waals surface area (Å²) < 4.78 is 5.00. The first-order valence-electron chi connectivity index (χ1n) is 6.17. The second-order valence-electron chi connectivity index (χ2n) is 4.73. The van der Waals surface area contributed by atoms with Crippen molar-refractivity contribution in [2.75, 3.05) is 0 Å². The van der Waals surface area contributed by atoms with Gasteiger partial charge in [-0.05, 0) is 24.6 Å². The van der Waals surface area contributed by atoms with E-state index in [1.807, 2.05) is 0 Å². The molecule has 7 nitrogen and oxygen atoms in total. The number of nitrogens with one attached hydrogen (secondary N) is 1. The highest BCUT2D eigenvalue weighted by atomic mass is 127. The Morgan fingerprint density at radius 2 is 1.86 bits per heavy atom. The second-order valence-corrected chi connectivity index (χ2v) is 5.17. The molecule has 2 aliphatic heterocycles. The van der Waals surface area contributed by atoms with Gasteiger partial charge in [0.1, 0.15) is 11.8 Å². The van der Waals surface area contributed by atoms with Gasteiger partial charge in [-0.15, -0.1) is 0 Å². The number of carbonyl (C=O) groups excluding carboxylic acids is 4. The van der Waals surface area contributed by atoms with Crippen molar-refractivity contribution in [1.29, 1.82) is 0 Å². The molecule has 108 valence electrons. The number of hydrogen-bond donors (Lipinski definition) is 1. The molecule has 0 radical (unpaired) electrons. The lowest BCUT2D eigenvalue weighted by Gasteiger charge is -2.27. The van der Waals surface area contributed by atoms with Crippen LogP contribution in [0.5, 0.6) is 5.75 Å². The molecule has 2 aliphatic rings. The number of amides is 4. The number of piperidine rings is 1. The summed E-state index contributed by atoms with van der Waals surface area (Å²) in [6, 6.07) is 3.59. The van der Waals surface area contributed by atoms with Crippen LogP contribution in [0.25, 0.3) is 0 Å². The summed E-state index contributed by atoms with van der Waals surface area (Å²) in [5.74, 6) is -1.63. The molecule has 1 aromatic carbocycles. The molecule has 8 heteroatoms. The smallest absolute Gasteiger partial charge is 0.262 e. The van der Waals surface area contributed by atoms with Crippen LogP contribution < -0.4 is 8.38 Å². The normalized spacial score (nSPS) is 21.4. The Bertz CT molecular complexity index is 687. The van der Waals surface area contributed by atoms with E-state index in [0.717, 1.165) is 4.90 Å². The molecule has 2 heterocycles. The van der Waals surface area contributed by atoms with Crippen molar-refractivity contribution in [2.45, 2.75) is 18.9 Å². The molecule has 0 aliphatic carbocycles. The first-order chi connectivity index (χ1) is 10.0. The van der Waals surface area contributed by atoms with Crippen LogP contribution in [0.1, 0.15) is 33.6 Å². The Kier molecular flexibility index (Phi) is 3.40. The van der Waals surface area contributed by atoms with E-state index in [-0.39, 0.29) is 24.0 Å². The number of halogens is 1. The fourth-order valence-electron chi connectivity index (χ4n) is 2.50. The van der Waals surface area contributed by atoms with E-state index in [9.17, 15) is 19.2 Å². The number of fused-ring (bicyclic) bond motifs is 1. The van der Waals surface area contributed by atoms with Gasteiger partial charge in [0.2, 0.25) is 11.8 Å². The summed E-state index contributed by atoms with van der Waals surface area (Å²) in [5.41, 5.74) is 0.445. The molecule has 21 heavy (non-hydrogen) atoms. The van der Waals surface area contributed by atoms with Crippen LogP contribution in [0.2, 0.25) is 0 Å². The third-order valence-corrected chi connectivity index (χ3v) is 4.01. The van der Waals surface area contributed by atoms with Crippen LogP contribution in [0.4, 0.5) is 0 Å². The molecular weight excluding hydrogens is 391 g/mol. The van der Waals surface area contributed by atoms with Gasteiger partial charge in [0.05, 0.1) is 11.1 Å². The largest absolute Gasteiger partial charge is 0.428 e. The van der Waals surface area contributed by atoms with E-state index in [0.29, 0.717) is 5.75 Å². The molecule has 1 atom stereocenters. The minimum absolute atomic E-state index is 0.103. The highest BCUT2D eigenvalue weighted by molar-refractivity contribution is 14.1. The monoisotopic (exact) mass is 400 g/mol. The maximum Gasteiger partial charge on any atom is 0.262 e. The molecule has 0 spiro atoms. The van der Waals surface area contributed by atoms with E-state index in [4.69, 9.17) is 3.07 Å². The van der Waals surface area contributed by atoms with E-state index in [1.54, 1.807) is 29.1 Å². The zero-order valence-electron chi connectivity index (χ0n) is 10.6. The molecule has 1 unspecified atom stereocenters. The fraction of sp³-hybridized carbons (Fsp3) is 0.231. The highest BCUT2D eigenvalue weighted by Gasteiger charge is 2.44. The average molecular weight is 400 g/mol. The predicted molar refractivity (Wildman–Crippen MR) is 77.8 cm³/mol. The summed E-state index contributed by atoms with van der Waals surface area (Å²) in [4.78, 5) is 48.6. The molecule has 3 rings (SSSR count). The minimum atomic E-state index is -0.945. The molecule has 1 fully saturated rings. The molecule has 1 saturated heterocycles. The Hall–Kier alpha value is -1.97. The number of nitrogens with zero attached hydrogens (tertiary/aromatic N) is 1. The number of benzene rings is 1. The maximum absolute atomic E-state index is 12.4. The maximum atomic E-state index is 12.4. The topological polar surface area (TPSA) is 92.8 Å². The van der Waals surface area contributed by atoms with E-state index in [1.165, 1.54) is 12.1 Å². The van der Waals surface area contributed by atoms with Gasteiger partial charge in [-0.25, -0.2) is 0 Å². The first-order valence-corrected chi connectivity index (χ1v) is 7.05. The lowest BCUT2D eigenvalue weighted by atomic mass is 10.0. The number of hydrogen-bond acceptors (Lipinski definition) is 5. The van der Waals surface area contributed by atoms with Crippen molar-refractivity contribution >= 4 is 46.6 Å². The molecule has 0 bridgehead atoms. The van der Waals surface area contributed by atoms with Crippen LogP contribution in [0.15, 0.2) is 18.2 Å². The van der Waals surface area contributed by atoms with E-state index >= 15 is 0 Å². The van der Waals surface area contributed by atoms with Crippen LogP contribution in [-0.4, -0.2) is 34.6 Å². The molecule has 1 aromatic rings. The van der Waals surface area contributed by atoms with Crippen LogP contribution >= 0.6 is 23.0 Å². The summed E-state index contributed by atoms with van der Waals surface area (Å²) >= 11 is 1.67. The number of rotatable bonds is 2. The lowest BCUT2D eigenvalue weighted by molar-refractivity contribution is -0.136. The minimum Gasteiger partial charge on any atom is -0.428 e. The Labute approximate surface area is 133 Å². The van der Waals surface area contributed by atoms with Crippen molar-refractivity contribution in [3.05, 3.63) is 29.3 Å². The third kappa shape index (κ3) is 2.19. The second kappa shape index (κ2) is 5.10. The van der Waals surface area contributed by atoms with Crippen LogP contribution in [0.3, 0.4) is 0 Å². The van der Waals surface area contributed by atoms with Gasteiger partial charge in [-0.2, -0.15) is 0 Å². The Balaban J connectivity index is 1.96. The quantitative estimate of drug-likeness (QED) is 0.586. The van der Waals surface area contributed by atoms with E-state index < -0.39 is 29.7 Å². The first kappa shape index (κ1) is 14.0. The van der Waals surface area contributed by atoms with Gasteiger partial charge < -0.3 is 3.07 Å². The average Bonchev–Trinajstić information content (AvgIpc) is 2.71. The van der Waals surface area contributed by atoms with Crippen molar-refractivity contribution in [2.24, 2.45) is 0 Å². The molecule has 0 aromatic heterocycles. The molecule has 0 saturated carbocycles.